The summed E-state index contributed by atoms with van der Waals surface area (Å²) >= 11 is 2.95. The van der Waals surface area contributed by atoms with E-state index in [1.807, 2.05) is 54.6 Å². The van der Waals surface area contributed by atoms with Crippen LogP contribution in [0.2, 0.25) is 0 Å². The average molecular weight is 601 g/mol. The van der Waals surface area contributed by atoms with Crippen LogP contribution >= 0.6 is 35.5 Å². The Morgan fingerprint density at radius 1 is 1.10 bits per heavy atom. The quantitative estimate of drug-likeness (QED) is 0.140. The summed E-state index contributed by atoms with van der Waals surface area (Å²) in [6.45, 7) is 0.342. The van der Waals surface area contributed by atoms with Gasteiger partial charge in [0.2, 0.25) is 17.6 Å². The number of nitrogens with zero attached hydrogens (tertiary/aromatic N) is 3. The molecule has 0 aliphatic carbocycles. The number of amides is 2. The lowest BCUT2D eigenvalue weighted by Gasteiger charge is -2.37. The van der Waals surface area contributed by atoms with E-state index in [9.17, 15) is 14.4 Å². The molecule has 5 N–H and O–H groups in total. The number of ketones is 1. The first-order chi connectivity index (χ1) is 18.9. The second-order valence-corrected chi connectivity index (χ2v) is 12.1. The number of Topliss-reactive ketones (excluding diaryl/α,β-unsaturated/α-hetero) is 1. The van der Waals surface area contributed by atoms with Crippen molar-refractivity contribution in [3.8, 4) is 0 Å². The molecule has 1 unspecified atom stereocenters. The fourth-order valence-electron chi connectivity index (χ4n) is 5.22. The number of aliphatic imine (C=N–C) groups is 1. The van der Waals surface area contributed by atoms with Crippen LogP contribution < -0.4 is 16.8 Å². The molecule has 9 nitrogen and oxygen atoms in total. The molecule has 0 saturated carbocycles. The van der Waals surface area contributed by atoms with Crippen molar-refractivity contribution in [1.29, 1.82) is 0 Å². The van der Waals surface area contributed by atoms with E-state index >= 15 is 0 Å². The van der Waals surface area contributed by atoms with Crippen LogP contribution in [0.4, 0.5) is 0 Å². The number of para-hydroxylation sites is 1. The number of carbonyl (C=O) groups is 3. The highest BCUT2D eigenvalue weighted by Crippen LogP contribution is 2.39. The summed E-state index contributed by atoms with van der Waals surface area (Å²) in [5, 5.41) is 3.30. The topological polar surface area (TPSA) is 144 Å². The third kappa shape index (κ3) is 6.76. The van der Waals surface area contributed by atoms with Gasteiger partial charge in [-0.25, -0.2) is 4.98 Å². The molecule has 0 bridgehead atoms. The zero-order valence-corrected chi connectivity index (χ0v) is 24.4. The van der Waals surface area contributed by atoms with Crippen molar-refractivity contribution >= 4 is 69.3 Å². The summed E-state index contributed by atoms with van der Waals surface area (Å²) in [6, 6.07) is 16.1. The highest BCUT2D eigenvalue weighted by atomic mass is 35.5. The maximum Gasteiger partial charge on any atom is 0.244 e. The normalized spacial score (nSPS) is 20.9. The zero-order chi connectivity index (χ0) is 27.4. The molecular weight excluding hydrogens is 568 g/mol. The van der Waals surface area contributed by atoms with Gasteiger partial charge in [-0.05, 0) is 49.8 Å². The van der Waals surface area contributed by atoms with Gasteiger partial charge in [-0.2, -0.15) is 0 Å². The molecule has 212 valence electrons. The molecule has 40 heavy (non-hydrogen) atoms. The van der Waals surface area contributed by atoms with E-state index in [1.165, 1.54) is 11.3 Å². The Morgan fingerprint density at radius 2 is 1.85 bits per heavy atom. The Bertz CT molecular complexity index is 1350. The van der Waals surface area contributed by atoms with E-state index in [-0.39, 0.29) is 47.3 Å². The van der Waals surface area contributed by atoms with Crippen molar-refractivity contribution in [2.45, 2.75) is 49.6 Å². The fourth-order valence-corrected chi connectivity index (χ4v) is 7.61. The Hall–Kier alpha value is -3.15. The second-order valence-electron chi connectivity index (χ2n) is 9.87. The van der Waals surface area contributed by atoms with Gasteiger partial charge in [0.25, 0.3) is 0 Å². The number of guanidine groups is 1. The zero-order valence-electron chi connectivity index (χ0n) is 21.9. The predicted molar refractivity (Wildman–Crippen MR) is 163 cm³/mol. The third-order valence-corrected chi connectivity index (χ3v) is 9.58. The highest BCUT2D eigenvalue weighted by Gasteiger charge is 2.47. The Balaban J connectivity index is 0.00000370. The second kappa shape index (κ2) is 13.5. The largest absolute Gasteiger partial charge is 0.370 e. The monoisotopic (exact) mass is 600 g/mol. The molecule has 3 heterocycles. The van der Waals surface area contributed by atoms with E-state index in [0.717, 1.165) is 28.6 Å². The van der Waals surface area contributed by atoms with Crippen molar-refractivity contribution in [3.05, 3.63) is 65.2 Å². The molecule has 5 rings (SSSR count). The van der Waals surface area contributed by atoms with Crippen LogP contribution in [0.25, 0.3) is 10.2 Å². The minimum Gasteiger partial charge on any atom is -0.370 e. The van der Waals surface area contributed by atoms with Crippen molar-refractivity contribution in [1.82, 2.24) is 15.2 Å². The Morgan fingerprint density at radius 3 is 2.60 bits per heavy atom. The molecule has 12 heteroatoms. The maximum atomic E-state index is 13.6. The first kappa shape index (κ1) is 29.8. The van der Waals surface area contributed by atoms with Crippen molar-refractivity contribution in [2.24, 2.45) is 22.4 Å². The number of hydrogen-bond donors (Lipinski definition) is 3. The minimum absolute atomic E-state index is 0. The van der Waals surface area contributed by atoms with E-state index in [4.69, 9.17) is 11.5 Å². The first-order valence-corrected chi connectivity index (χ1v) is 15.0. The van der Waals surface area contributed by atoms with E-state index in [1.54, 1.807) is 16.7 Å². The number of hydrogen-bond acceptors (Lipinski definition) is 7. The van der Waals surface area contributed by atoms with Crippen molar-refractivity contribution in [3.63, 3.8) is 0 Å². The maximum absolute atomic E-state index is 13.6. The van der Waals surface area contributed by atoms with Crippen LogP contribution in [0.15, 0.2) is 59.6 Å². The lowest BCUT2D eigenvalue weighted by Crippen LogP contribution is -2.56. The number of fused-ring (bicyclic) bond motifs is 2. The summed E-state index contributed by atoms with van der Waals surface area (Å²) in [4.78, 5) is 51.0. The van der Waals surface area contributed by atoms with Gasteiger partial charge in [-0.15, -0.1) is 35.5 Å². The number of aromatic nitrogens is 1. The molecule has 2 saturated heterocycles. The van der Waals surface area contributed by atoms with Gasteiger partial charge in [-0.1, -0.05) is 42.5 Å². The van der Waals surface area contributed by atoms with Gasteiger partial charge in [0.05, 0.1) is 21.6 Å². The van der Waals surface area contributed by atoms with E-state index in [2.05, 4.69) is 15.3 Å². The van der Waals surface area contributed by atoms with Crippen molar-refractivity contribution in [2.75, 3.05) is 12.3 Å². The minimum atomic E-state index is -0.795. The van der Waals surface area contributed by atoms with Gasteiger partial charge in [0.1, 0.15) is 6.04 Å². The summed E-state index contributed by atoms with van der Waals surface area (Å²) in [6.07, 6.45) is 3.17. The van der Waals surface area contributed by atoms with E-state index < -0.39 is 12.1 Å². The molecule has 4 atom stereocenters. The number of benzene rings is 2. The average Bonchev–Trinajstić information content (AvgIpc) is 3.57. The van der Waals surface area contributed by atoms with E-state index in [0.29, 0.717) is 36.6 Å². The Kier molecular flexibility index (Phi) is 10.0. The summed E-state index contributed by atoms with van der Waals surface area (Å²) in [5.74, 6) is -0.199. The highest BCUT2D eigenvalue weighted by molar-refractivity contribution is 8.00. The van der Waals surface area contributed by atoms with Gasteiger partial charge in [0, 0.05) is 18.2 Å². The van der Waals surface area contributed by atoms with Crippen LogP contribution in [0.5, 0.6) is 0 Å². The van der Waals surface area contributed by atoms with Crippen LogP contribution in [-0.4, -0.2) is 63.2 Å². The number of thioether (sulfide) groups is 1. The van der Waals surface area contributed by atoms with Crippen LogP contribution in [-0.2, 0) is 16.0 Å². The van der Waals surface area contributed by atoms with Crippen molar-refractivity contribution < 1.29 is 14.4 Å². The van der Waals surface area contributed by atoms with Crippen LogP contribution in [0, 0.1) is 5.92 Å². The SMILES string of the molecule is Cl.NC(N)=NCCCC(NC(=O)[C@@H]1CS[C@H]2CC[C@H](Cc3ccccc3)C(=O)N21)C(=O)c1nc2ccccc2s1. The van der Waals surface area contributed by atoms with Gasteiger partial charge >= 0.3 is 0 Å². The molecule has 2 aromatic carbocycles. The number of rotatable bonds is 10. The molecule has 1 aromatic heterocycles. The molecule has 2 fully saturated rings. The molecule has 0 spiro atoms. The summed E-state index contributed by atoms with van der Waals surface area (Å²) in [5.41, 5.74) is 12.7. The molecular formula is C28H33ClN6O3S2. The molecule has 0 radical (unpaired) electrons. The smallest absolute Gasteiger partial charge is 0.244 e. The van der Waals surface area contributed by atoms with Crippen LogP contribution in [0.1, 0.15) is 41.0 Å². The third-order valence-electron chi connectivity index (χ3n) is 7.17. The number of piperidine rings is 1. The number of thiazole rings is 1. The van der Waals surface area contributed by atoms with Gasteiger partial charge in [0.15, 0.2) is 11.0 Å². The van der Waals surface area contributed by atoms with Crippen LogP contribution in [0.3, 0.4) is 0 Å². The number of nitrogens with one attached hydrogen (secondary N) is 1. The Labute approximate surface area is 247 Å². The summed E-state index contributed by atoms with van der Waals surface area (Å²) in [7, 11) is 0. The number of carbonyl (C=O) groups excluding carboxylic acids is 3. The molecule has 2 aliphatic heterocycles. The summed E-state index contributed by atoms with van der Waals surface area (Å²) < 4.78 is 0.907. The lowest BCUT2D eigenvalue weighted by atomic mass is 9.89. The predicted octanol–water partition coefficient (Wildman–Crippen LogP) is 3.36. The molecule has 2 amide bonds. The molecule has 2 aliphatic rings. The van der Waals surface area contributed by atoms with Gasteiger partial charge < -0.3 is 21.7 Å². The standard InChI is InChI=1S/C28H32N6O3S2.ClH/c29-28(30)31-14-6-10-20(24(35)26-33-19-9-4-5-11-22(19)39-26)32-25(36)21-16-38-23-13-12-18(27(37)34(21)23)15-17-7-2-1-3-8-17;/h1-5,7-9,11,18,20-21,23H,6,10,12-16H2,(H,32,36)(H4,29,30,31);1H/t18-,20?,21+,23+;/m1./s1. The first-order valence-electron chi connectivity index (χ1n) is 13.1. The van der Waals surface area contributed by atoms with Gasteiger partial charge in [-0.3, -0.25) is 19.4 Å². The number of halogens is 1. The molecule has 3 aromatic rings. The lowest BCUT2D eigenvalue weighted by molar-refractivity contribution is -0.146. The fraction of sp³-hybridized carbons (Fsp3) is 0.393. The number of nitrogens with two attached hydrogens (primary N) is 2.